The molecule has 8 nitrogen and oxygen atoms in total. The molecule has 1 N–H and O–H groups in total. The molecule has 4 rings (SSSR count). The van der Waals surface area contributed by atoms with Crippen molar-refractivity contribution in [3.63, 3.8) is 0 Å². The minimum Gasteiger partial charge on any atom is -0.490 e. The van der Waals surface area contributed by atoms with Gasteiger partial charge in [-0.1, -0.05) is 0 Å². The summed E-state index contributed by atoms with van der Waals surface area (Å²) >= 11 is 0. The summed E-state index contributed by atoms with van der Waals surface area (Å²) in [5.74, 6) is 1.94. The molecule has 1 saturated heterocycles. The normalized spacial score (nSPS) is 18.3. The summed E-state index contributed by atoms with van der Waals surface area (Å²) in [7, 11) is 0. The zero-order valence-electron chi connectivity index (χ0n) is 16.8. The summed E-state index contributed by atoms with van der Waals surface area (Å²) < 4.78 is 11.4. The number of hydrogen-bond acceptors (Lipinski definition) is 6. The standard InChI is InChI=1S/C21H26N4O4/c1-13(20-24-23-14(2)28-20)22-19(26)15-5-7-17(8-6-15)29-18-9-11-25(12-10-18)21(27)16-3-4-16/h5-8,13,16,18H,3-4,9-12H2,1-2H3,(H,22,26). The van der Waals surface area contributed by atoms with Crippen molar-refractivity contribution in [1.82, 2.24) is 20.4 Å². The Morgan fingerprint density at radius 3 is 2.41 bits per heavy atom. The maximum atomic E-state index is 12.4. The number of likely N-dealkylation sites (tertiary alicyclic amines) is 1. The van der Waals surface area contributed by atoms with Gasteiger partial charge in [-0.2, -0.15) is 0 Å². The molecule has 1 saturated carbocycles. The van der Waals surface area contributed by atoms with E-state index in [4.69, 9.17) is 9.15 Å². The third-order valence-electron chi connectivity index (χ3n) is 5.36. The minimum absolute atomic E-state index is 0.0960. The van der Waals surface area contributed by atoms with Gasteiger partial charge < -0.3 is 19.4 Å². The van der Waals surface area contributed by atoms with E-state index in [2.05, 4.69) is 15.5 Å². The largest absolute Gasteiger partial charge is 0.490 e. The maximum Gasteiger partial charge on any atom is 0.251 e. The fourth-order valence-corrected chi connectivity index (χ4v) is 3.49. The second-order valence-electron chi connectivity index (χ2n) is 7.80. The topological polar surface area (TPSA) is 97.6 Å². The molecule has 0 bridgehead atoms. The molecule has 154 valence electrons. The Kier molecular flexibility index (Phi) is 5.51. The molecule has 1 unspecified atom stereocenters. The Labute approximate surface area is 169 Å². The smallest absolute Gasteiger partial charge is 0.251 e. The molecule has 29 heavy (non-hydrogen) atoms. The number of carbonyl (C=O) groups is 2. The molecule has 0 spiro atoms. The van der Waals surface area contributed by atoms with Gasteiger partial charge in [0.2, 0.25) is 17.7 Å². The third kappa shape index (κ3) is 4.75. The van der Waals surface area contributed by atoms with Crippen LogP contribution in [0.2, 0.25) is 0 Å². The van der Waals surface area contributed by atoms with Crippen molar-refractivity contribution in [2.24, 2.45) is 5.92 Å². The van der Waals surface area contributed by atoms with Gasteiger partial charge in [-0.3, -0.25) is 9.59 Å². The van der Waals surface area contributed by atoms with Gasteiger partial charge in [0, 0.05) is 44.3 Å². The lowest BCUT2D eigenvalue weighted by atomic mass is 10.1. The van der Waals surface area contributed by atoms with Gasteiger partial charge >= 0.3 is 0 Å². The van der Waals surface area contributed by atoms with Crippen LogP contribution < -0.4 is 10.1 Å². The lowest BCUT2D eigenvalue weighted by molar-refractivity contribution is -0.134. The van der Waals surface area contributed by atoms with E-state index in [1.807, 2.05) is 4.90 Å². The van der Waals surface area contributed by atoms with E-state index in [0.717, 1.165) is 44.5 Å². The van der Waals surface area contributed by atoms with Crippen molar-refractivity contribution in [2.45, 2.75) is 51.7 Å². The van der Waals surface area contributed by atoms with Crippen LogP contribution in [0.15, 0.2) is 28.7 Å². The number of benzene rings is 1. The fraction of sp³-hybridized carbons (Fsp3) is 0.524. The van der Waals surface area contributed by atoms with Crippen LogP contribution in [0, 0.1) is 12.8 Å². The molecule has 2 amide bonds. The number of ether oxygens (including phenoxy) is 1. The lowest BCUT2D eigenvalue weighted by Crippen LogP contribution is -2.42. The molecular formula is C21H26N4O4. The van der Waals surface area contributed by atoms with Crippen LogP contribution in [0.3, 0.4) is 0 Å². The highest BCUT2D eigenvalue weighted by atomic mass is 16.5. The Morgan fingerprint density at radius 2 is 1.83 bits per heavy atom. The molecule has 1 aromatic carbocycles. The van der Waals surface area contributed by atoms with Crippen molar-refractivity contribution in [2.75, 3.05) is 13.1 Å². The molecular weight excluding hydrogens is 372 g/mol. The monoisotopic (exact) mass is 398 g/mol. The highest BCUT2D eigenvalue weighted by Gasteiger charge is 2.35. The SMILES string of the molecule is Cc1nnc(C(C)NC(=O)c2ccc(OC3CCN(C(=O)C4CC4)CC3)cc2)o1. The average molecular weight is 398 g/mol. The average Bonchev–Trinajstić information content (AvgIpc) is 3.49. The second kappa shape index (κ2) is 8.23. The first-order chi connectivity index (χ1) is 14.0. The van der Waals surface area contributed by atoms with Crippen molar-refractivity contribution in [1.29, 1.82) is 0 Å². The molecule has 8 heteroatoms. The van der Waals surface area contributed by atoms with Gasteiger partial charge in [-0.05, 0) is 44.0 Å². The summed E-state index contributed by atoms with van der Waals surface area (Å²) in [4.78, 5) is 26.5. The number of piperidine rings is 1. The molecule has 1 aromatic heterocycles. The van der Waals surface area contributed by atoms with Gasteiger partial charge in [-0.15, -0.1) is 10.2 Å². The third-order valence-corrected chi connectivity index (χ3v) is 5.36. The Hall–Kier alpha value is -2.90. The van der Waals surface area contributed by atoms with Crippen molar-refractivity contribution >= 4 is 11.8 Å². The predicted octanol–water partition coefficient (Wildman–Crippen LogP) is 2.65. The first-order valence-corrected chi connectivity index (χ1v) is 10.2. The molecule has 1 aliphatic carbocycles. The molecule has 2 aliphatic rings. The molecule has 1 atom stereocenters. The number of hydrogen-bond donors (Lipinski definition) is 1. The molecule has 1 aliphatic heterocycles. The Balaban J connectivity index is 1.26. The van der Waals surface area contributed by atoms with Crippen LogP contribution >= 0.6 is 0 Å². The van der Waals surface area contributed by atoms with Gasteiger partial charge in [0.25, 0.3) is 5.91 Å². The Bertz CT molecular complexity index is 867. The fourth-order valence-electron chi connectivity index (χ4n) is 3.49. The molecule has 0 radical (unpaired) electrons. The Morgan fingerprint density at radius 1 is 1.14 bits per heavy atom. The number of nitrogens with zero attached hydrogens (tertiary/aromatic N) is 3. The lowest BCUT2D eigenvalue weighted by Gasteiger charge is -2.32. The summed E-state index contributed by atoms with van der Waals surface area (Å²) in [6, 6.07) is 6.71. The number of rotatable bonds is 6. The summed E-state index contributed by atoms with van der Waals surface area (Å²) in [6.45, 7) is 5.02. The van der Waals surface area contributed by atoms with Crippen LogP contribution in [-0.4, -0.2) is 46.1 Å². The van der Waals surface area contributed by atoms with Gasteiger partial charge in [0.1, 0.15) is 17.9 Å². The number of carbonyl (C=O) groups excluding carboxylic acids is 2. The van der Waals surface area contributed by atoms with E-state index in [-0.39, 0.29) is 24.0 Å². The van der Waals surface area contributed by atoms with E-state index >= 15 is 0 Å². The first kappa shape index (κ1) is 19.4. The predicted molar refractivity (Wildman–Crippen MR) is 104 cm³/mol. The second-order valence-corrected chi connectivity index (χ2v) is 7.80. The van der Waals surface area contributed by atoms with E-state index < -0.39 is 0 Å². The van der Waals surface area contributed by atoms with Crippen molar-refractivity contribution < 1.29 is 18.7 Å². The quantitative estimate of drug-likeness (QED) is 0.803. The van der Waals surface area contributed by atoms with E-state index in [1.165, 1.54) is 0 Å². The van der Waals surface area contributed by atoms with Gasteiger partial charge in [0.15, 0.2) is 0 Å². The van der Waals surface area contributed by atoms with Crippen molar-refractivity contribution in [3.8, 4) is 5.75 Å². The minimum atomic E-state index is -0.372. The van der Waals surface area contributed by atoms with E-state index in [1.54, 1.807) is 38.1 Å². The number of nitrogens with one attached hydrogen (secondary N) is 1. The van der Waals surface area contributed by atoms with Gasteiger partial charge in [0.05, 0.1) is 0 Å². The summed E-state index contributed by atoms with van der Waals surface area (Å²) in [6.07, 6.45) is 3.85. The number of aryl methyl sites for hydroxylation is 1. The zero-order valence-corrected chi connectivity index (χ0v) is 16.8. The van der Waals surface area contributed by atoms with Crippen molar-refractivity contribution in [3.05, 3.63) is 41.6 Å². The molecule has 2 heterocycles. The van der Waals surface area contributed by atoms with Gasteiger partial charge in [-0.25, -0.2) is 0 Å². The number of amides is 2. The van der Waals surface area contributed by atoms with E-state index in [0.29, 0.717) is 23.3 Å². The van der Waals surface area contributed by atoms with Crippen LogP contribution in [0.25, 0.3) is 0 Å². The maximum absolute atomic E-state index is 12.4. The van der Waals surface area contributed by atoms with Crippen LogP contribution in [0.1, 0.15) is 60.8 Å². The molecule has 2 aromatic rings. The highest BCUT2D eigenvalue weighted by molar-refractivity contribution is 5.94. The highest BCUT2D eigenvalue weighted by Crippen LogP contribution is 2.32. The van der Waals surface area contributed by atoms with E-state index in [9.17, 15) is 9.59 Å². The van der Waals surface area contributed by atoms with Crippen LogP contribution in [-0.2, 0) is 4.79 Å². The first-order valence-electron chi connectivity index (χ1n) is 10.2. The molecule has 2 fully saturated rings. The zero-order chi connectivity index (χ0) is 20.4. The van der Waals surface area contributed by atoms with Crippen LogP contribution in [0.4, 0.5) is 0 Å². The number of aromatic nitrogens is 2. The summed E-state index contributed by atoms with van der Waals surface area (Å²) in [5, 5.41) is 10.5. The summed E-state index contributed by atoms with van der Waals surface area (Å²) in [5.41, 5.74) is 0.533. The van der Waals surface area contributed by atoms with Crippen LogP contribution in [0.5, 0.6) is 5.75 Å².